The van der Waals surface area contributed by atoms with Crippen LogP contribution in [0.5, 0.6) is 5.75 Å². The van der Waals surface area contributed by atoms with E-state index in [1.165, 1.54) is 18.0 Å². The molecule has 1 saturated heterocycles. The molecule has 0 bridgehead atoms. The Balaban J connectivity index is 2.32. The van der Waals surface area contributed by atoms with E-state index in [1.807, 2.05) is 0 Å². The Hall–Kier alpha value is -1.56. The first-order valence-corrected chi connectivity index (χ1v) is 5.20. The molecule has 0 amide bonds. The highest BCUT2D eigenvalue weighted by Crippen LogP contribution is 2.27. The lowest BCUT2D eigenvalue weighted by molar-refractivity contribution is -0.0414. The molecular formula is C10H14N2O4. The Labute approximate surface area is 92.8 Å². The molecule has 1 unspecified atom stereocenters. The van der Waals surface area contributed by atoms with Gasteiger partial charge in [-0.2, -0.15) is 5.10 Å². The number of aromatic nitrogens is 2. The van der Waals surface area contributed by atoms with Crippen LogP contribution in [0.25, 0.3) is 0 Å². The molecule has 88 valence electrons. The number of carbonyl (C=O) groups is 1. The zero-order valence-electron chi connectivity index (χ0n) is 9.05. The minimum atomic E-state index is -1.05. The summed E-state index contributed by atoms with van der Waals surface area (Å²) < 4.78 is 11.8. The van der Waals surface area contributed by atoms with Crippen LogP contribution in [-0.4, -0.2) is 34.6 Å². The highest BCUT2D eigenvalue weighted by molar-refractivity contribution is 5.88. The monoisotopic (exact) mass is 226 g/mol. The molecule has 1 aliphatic rings. The minimum absolute atomic E-state index is 0.0504. The van der Waals surface area contributed by atoms with Crippen molar-refractivity contribution in [1.29, 1.82) is 0 Å². The van der Waals surface area contributed by atoms with Gasteiger partial charge in [-0.25, -0.2) is 9.48 Å². The Morgan fingerprint density at radius 3 is 3.06 bits per heavy atom. The van der Waals surface area contributed by atoms with Gasteiger partial charge in [0.1, 0.15) is 0 Å². The summed E-state index contributed by atoms with van der Waals surface area (Å²) in [6.07, 6.45) is 3.93. The fraction of sp³-hybridized carbons (Fsp3) is 0.600. The van der Waals surface area contributed by atoms with E-state index in [4.69, 9.17) is 14.6 Å². The molecule has 1 aromatic heterocycles. The van der Waals surface area contributed by atoms with E-state index in [0.29, 0.717) is 6.61 Å². The maximum atomic E-state index is 11.1. The molecular weight excluding hydrogens is 212 g/mol. The summed E-state index contributed by atoms with van der Waals surface area (Å²) in [7, 11) is 1.43. The standard InChI is InChI=1S/C10H14N2O4/c1-15-7-6-11-12(9(7)10(13)14)8-4-2-3-5-16-8/h6,8H,2-5H2,1H3,(H,13,14). The Morgan fingerprint density at radius 2 is 2.50 bits per heavy atom. The van der Waals surface area contributed by atoms with Crippen molar-refractivity contribution in [3.05, 3.63) is 11.9 Å². The Bertz CT molecular complexity index is 382. The molecule has 1 atom stereocenters. The van der Waals surface area contributed by atoms with Crippen molar-refractivity contribution in [2.45, 2.75) is 25.5 Å². The summed E-state index contributed by atoms with van der Waals surface area (Å²) in [6.45, 7) is 0.645. The van der Waals surface area contributed by atoms with Crippen LogP contribution in [0.2, 0.25) is 0 Å². The van der Waals surface area contributed by atoms with Gasteiger partial charge in [0.15, 0.2) is 17.7 Å². The van der Waals surface area contributed by atoms with Crippen LogP contribution < -0.4 is 4.74 Å². The van der Waals surface area contributed by atoms with Gasteiger partial charge in [-0.15, -0.1) is 0 Å². The van der Waals surface area contributed by atoms with E-state index in [1.54, 1.807) is 0 Å². The molecule has 0 spiro atoms. The van der Waals surface area contributed by atoms with E-state index in [-0.39, 0.29) is 17.7 Å². The number of hydrogen-bond acceptors (Lipinski definition) is 4. The average molecular weight is 226 g/mol. The highest BCUT2D eigenvalue weighted by Gasteiger charge is 2.25. The quantitative estimate of drug-likeness (QED) is 0.840. The number of carboxylic acid groups (broad SMARTS) is 1. The number of carboxylic acids is 1. The number of methoxy groups -OCH3 is 1. The molecule has 0 aliphatic carbocycles. The molecule has 0 radical (unpaired) electrons. The number of ether oxygens (including phenoxy) is 2. The Kier molecular flexibility index (Phi) is 3.09. The molecule has 16 heavy (non-hydrogen) atoms. The first-order chi connectivity index (χ1) is 7.74. The molecule has 0 aromatic carbocycles. The maximum absolute atomic E-state index is 11.1. The lowest BCUT2D eigenvalue weighted by atomic mass is 10.2. The van der Waals surface area contributed by atoms with Crippen molar-refractivity contribution in [2.75, 3.05) is 13.7 Å². The summed E-state index contributed by atoms with van der Waals surface area (Å²) >= 11 is 0. The first kappa shape index (κ1) is 10.9. The zero-order chi connectivity index (χ0) is 11.5. The number of nitrogens with zero attached hydrogens (tertiary/aromatic N) is 2. The lowest BCUT2D eigenvalue weighted by Crippen LogP contribution is -2.22. The number of rotatable bonds is 3. The van der Waals surface area contributed by atoms with E-state index in [2.05, 4.69) is 5.10 Å². The summed E-state index contributed by atoms with van der Waals surface area (Å²) in [5.74, 6) is -0.787. The second kappa shape index (κ2) is 4.52. The van der Waals surface area contributed by atoms with Crippen LogP contribution in [0.15, 0.2) is 6.20 Å². The molecule has 6 heteroatoms. The maximum Gasteiger partial charge on any atom is 0.358 e. The predicted molar refractivity (Wildman–Crippen MR) is 54.6 cm³/mol. The highest BCUT2D eigenvalue weighted by atomic mass is 16.5. The van der Waals surface area contributed by atoms with Crippen molar-refractivity contribution in [3.8, 4) is 5.75 Å². The number of hydrogen-bond donors (Lipinski definition) is 1. The normalized spacial score (nSPS) is 20.7. The van der Waals surface area contributed by atoms with Crippen LogP contribution >= 0.6 is 0 Å². The van der Waals surface area contributed by atoms with Gasteiger partial charge in [-0.1, -0.05) is 0 Å². The summed E-state index contributed by atoms with van der Waals surface area (Å²) in [6, 6.07) is 0. The second-order valence-electron chi connectivity index (χ2n) is 3.63. The third kappa shape index (κ3) is 1.88. The molecule has 2 heterocycles. The minimum Gasteiger partial charge on any atom is -0.493 e. The van der Waals surface area contributed by atoms with Gasteiger partial charge in [0, 0.05) is 6.61 Å². The summed E-state index contributed by atoms with van der Waals surface area (Å²) in [4.78, 5) is 11.1. The molecule has 6 nitrogen and oxygen atoms in total. The van der Waals surface area contributed by atoms with Crippen molar-refractivity contribution in [1.82, 2.24) is 9.78 Å². The molecule has 1 fully saturated rings. The molecule has 1 aliphatic heterocycles. The fourth-order valence-corrected chi connectivity index (χ4v) is 1.83. The van der Waals surface area contributed by atoms with Crippen LogP contribution in [0.3, 0.4) is 0 Å². The van der Waals surface area contributed by atoms with Gasteiger partial charge in [-0.05, 0) is 19.3 Å². The SMILES string of the molecule is COc1cnn(C2CCCCO2)c1C(=O)O. The van der Waals surface area contributed by atoms with E-state index in [0.717, 1.165) is 19.3 Å². The van der Waals surface area contributed by atoms with E-state index < -0.39 is 5.97 Å². The van der Waals surface area contributed by atoms with Crippen molar-refractivity contribution in [2.24, 2.45) is 0 Å². The van der Waals surface area contributed by atoms with Crippen LogP contribution in [0.4, 0.5) is 0 Å². The molecule has 1 N–H and O–H groups in total. The summed E-state index contributed by atoms with van der Waals surface area (Å²) in [5, 5.41) is 13.1. The predicted octanol–water partition coefficient (Wildman–Crippen LogP) is 1.29. The van der Waals surface area contributed by atoms with Gasteiger partial charge in [0.05, 0.1) is 13.3 Å². The van der Waals surface area contributed by atoms with Gasteiger partial charge in [-0.3, -0.25) is 0 Å². The number of aromatic carboxylic acids is 1. The smallest absolute Gasteiger partial charge is 0.358 e. The second-order valence-corrected chi connectivity index (χ2v) is 3.63. The van der Waals surface area contributed by atoms with Gasteiger partial charge < -0.3 is 14.6 Å². The summed E-state index contributed by atoms with van der Waals surface area (Å²) in [5.41, 5.74) is 0.0504. The van der Waals surface area contributed by atoms with Crippen molar-refractivity contribution >= 4 is 5.97 Å². The van der Waals surface area contributed by atoms with Crippen LogP contribution in [-0.2, 0) is 4.74 Å². The van der Waals surface area contributed by atoms with E-state index >= 15 is 0 Å². The van der Waals surface area contributed by atoms with Crippen molar-refractivity contribution < 1.29 is 19.4 Å². The first-order valence-electron chi connectivity index (χ1n) is 5.20. The molecule has 0 saturated carbocycles. The fourth-order valence-electron chi connectivity index (χ4n) is 1.83. The van der Waals surface area contributed by atoms with Crippen LogP contribution in [0, 0.1) is 0 Å². The van der Waals surface area contributed by atoms with Crippen molar-refractivity contribution in [3.63, 3.8) is 0 Å². The molecule has 2 rings (SSSR count). The third-order valence-corrected chi connectivity index (χ3v) is 2.61. The van der Waals surface area contributed by atoms with Gasteiger partial charge in [0.2, 0.25) is 0 Å². The molecule has 1 aromatic rings. The average Bonchev–Trinajstić information content (AvgIpc) is 2.73. The largest absolute Gasteiger partial charge is 0.493 e. The van der Waals surface area contributed by atoms with Gasteiger partial charge >= 0.3 is 5.97 Å². The van der Waals surface area contributed by atoms with E-state index in [9.17, 15) is 4.79 Å². The third-order valence-electron chi connectivity index (χ3n) is 2.61. The zero-order valence-corrected chi connectivity index (χ0v) is 9.05. The lowest BCUT2D eigenvalue weighted by Gasteiger charge is -2.23. The topological polar surface area (TPSA) is 73.6 Å². The van der Waals surface area contributed by atoms with Crippen LogP contribution in [0.1, 0.15) is 36.0 Å². The van der Waals surface area contributed by atoms with Gasteiger partial charge in [0.25, 0.3) is 0 Å². The Morgan fingerprint density at radius 1 is 1.69 bits per heavy atom.